The molecule has 6 heteroatoms. The molecule has 1 aliphatic heterocycles. The number of ether oxygens (including phenoxy) is 1. The molecule has 0 radical (unpaired) electrons. The molecule has 0 saturated carbocycles. The molecule has 0 aromatic carbocycles. The third-order valence-corrected chi connectivity index (χ3v) is 2.95. The van der Waals surface area contributed by atoms with E-state index >= 15 is 0 Å². The first-order valence-electron chi connectivity index (χ1n) is 5.68. The van der Waals surface area contributed by atoms with Gasteiger partial charge in [0.15, 0.2) is 0 Å². The van der Waals surface area contributed by atoms with E-state index < -0.39 is 11.8 Å². The number of likely N-dealkylation sites (N-methyl/N-ethyl adjacent to an activating group) is 1. The lowest BCUT2D eigenvalue weighted by molar-refractivity contribution is -0.158. The monoisotopic (exact) mass is 242 g/mol. The van der Waals surface area contributed by atoms with E-state index in [1.165, 1.54) is 16.9 Å². The zero-order valence-corrected chi connectivity index (χ0v) is 10.4. The van der Waals surface area contributed by atoms with E-state index in [0.717, 1.165) is 0 Å². The number of nitrogens with zero attached hydrogens (tertiary/aromatic N) is 2. The molecule has 96 valence electrons. The normalized spacial score (nSPS) is 18.3. The summed E-state index contributed by atoms with van der Waals surface area (Å²) in [5, 5.41) is 0. The van der Waals surface area contributed by atoms with Gasteiger partial charge in [-0.1, -0.05) is 0 Å². The fourth-order valence-corrected chi connectivity index (χ4v) is 1.85. The number of carbonyl (C=O) groups excluding carboxylic acids is 3. The Labute approximate surface area is 101 Å². The van der Waals surface area contributed by atoms with E-state index in [1.807, 2.05) is 6.92 Å². The van der Waals surface area contributed by atoms with Crippen LogP contribution in [0.5, 0.6) is 0 Å². The van der Waals surface area contributed by atoms with E-state index in [2.05, 4.69) is 4.74 Å². The van der Waals surface area contributed by atoms with Crippen LogP contribution in [0.3, 0.4) is 0 Å². The smallest absolute Gasteiger partial charge is 0.312 e. The highest BCUT2D eigenvalue weighted by atomic mass is 16.5. The minimum absolute atomic E-state index is 0.113. The summed E-state index contributed by atoms with van der Waals surface area (Å²) in [4.78, 5) is 37.5. The molecule has 1 atom stereocenters. The standard InChI is InChI=1S/C11H18N2O4/c1-4-12-5-6-13(11(16)10(12)15)8(2)7-9(14)17-3/h8H,4-7H2,1-3H3. The summed E-state index contributed by atoms with van der Waals surface area (Å²) in [5.41, 5.74) is 0. The van der Waals surface area contributed by atoms with Crippen LogP contribution in [-0.2, 0) is 19.1 Å². The Balaban J connectivity index is 2.64. The highest BCUT2D eigenvalue weighted by Crippen LogP contribution is 2.11. The first-order valence-corrected chi connectivity index (χ1v) is 5.68. The predicted molar refractivity (Wildman–Crippen MR) is 60.1 cm³/mol. The number of esters is 1. The van der Waals surface area contributed by atoms with Crippen LogP contribution in [0.1, 0.15) is 20.3 Å². The molecule has 0 spiro atoms. The van der Waals surface area contributed by atoms with Gasteiger partial charge < -0.3 is 14.5 Å². The zero-order chi connectivity index (χ0) is 13.0. The van der Waals surface area contributed by atoms with Gasteiger partial charge in [-0.2, -0.15) is 0 Å². The van der Waals surface area contributed by atoms with E-state index in [1.54, 1.807) is 6.92 Å². The van der Waals surface area contributed by atoms with Gasteiger partial charge in [0.2, 0.25) is 0 Å². The van der Waals surface area contributed by atoms with Crippen molar-refractivity contribution in [2.24, 2.45) is 0 Å². The molecule has 0 aromatic heterocycles. The minimum Gasteiger partial charge on any atom is -0.469 e. The second-order valence-electron chi connectivity index (χ2n) is 4.01. The lowest BCUT2D eigenvalue weighted by Crippen LogP contribution is -2.56. The van der Waals surface area contributed by atoms with Crippen molar-refractivity contribution < 1.29 is 19.1 Å². The lowest BCUT2D eigenvalue weighted by atomic mass is 10.1. The summed E-state index contributed by atoms with van der Waals surface area (Å²) < 4.78 is 4.54. The van der Waals surface area contributed by atoms with Crippen molar-refractivity contribution in [3.63, 3.8) is 0 Å². The quantitative estimate of drug-likeness (QED) is 0.498. The Morgan fingerprint density at radius 2 is 2.00 bits per heavy atom. The van der Waals surface area contributed by atoms with Crippen LogP contribution < -0.4 is 0 Å². The van der Waals surface area contributed by atoms with Crippen LogP contribution >= 0.6 is 0 Å². The second kappa shape index (κ2) is 5.65. The van der Waals surface area contributed by atoms with Gasteiger partial charge in [-0.05, 0) is 13.8 Å². The summed E-state index contributed by atoms with van der Waals surface area (Å²) in [6.07, 6.45) is 0.113. The molecule has 1 aliphatic rings. The average molecular weight is 242 g/mol. The van der Waals surface area contributed by atoms with Crippen molar-refractivity contribution in [3.8, 4) is 0 Å². The highest BCUT2D eigenvalue weighted by molar-refractivity contribution is 6.35. The van der Waals surface area contributed by atoms with Gasteiger partial charge in [-0.25, -0.2) is 0 Å². The van der Waals surface area contributed by atoms with E-state index in [-0.39, 0.29) is 18.4 Å². The van der Waals surface area contributed by atoms with Crippen molar-refractivity contribution in [3.05, 3.63) is 0 Å². The summed E-state index contributed by atoms with van der Waals surface area (Å²) in [7, 11) is 1.30. The molecule has 0 N–H and O–H groups in total. The zero-order valence-electron chi connectivity index (χ0n) is 10.4. The molecular weight excluding hydrogens is 224 g/mol. The lowest BCUT2D eigenvalue weighted by Gasteiger charge is -2.36. The minimum atomic E-state index is -0.533. The Morgan fingerprint density at radius 1 is 1.35 bits per heavy atom. The maximum absolute atomic E-state index is 11.8. The maximum Gasteiger partial charge on any atom is 0.312 e. The van der Waals surface area contributed by atoms with Gasteiger partial charge in [-0.15, -0.1) is 0 Å². The Hall–Kier alpha value is -1.59. The Kier molecular flexibility index (Phi) is 4.48. The molecule has 1 heterocycles. The van der Waals surface area contributed by atoms with Gasteiger partial charge in [0.1, 0.15) is 0 Å². The molecule has 1 unspecified atom stereocenters. The second-order valence-corrected chi connectivity index (χ2v) is 4.01. The number of rotatable bonds is 4. The van der Waals surface area contributed by atoms with Gasteiger partial charge in [-0.3, -0.25) is 14.4 Å². The molecule has 17 heavy (non-hydrogen) atoms. The SMILES string of the molecule is CCN1CCN(C(C)CC(=O)OC)C(=O)C1=O. The van der Waals surface area contributed by atoms with Crippen LogP contribution in [0.25, 0.3) is 0 Å². The summed E-state index contributed by atoms with van der Waals surface area (Å²) in [6, 6.07) is -0.307. The predicted octanol–water partition coefficient (Wildman–Crippen LogP) is -0.371. The number of methoxy groups -OCH3 is 1. The number of carbonyl (C=O) groups is 3. The Bertz CT molecular complexity index is 329. The molecule has 2 amide bonds. The van der Waals surface area contributed by atoms with E-state index in [4.69, 9.17) is 0 Å². The van der Waals surface area contributed by atoms with Crippen LogP contribution in [0, 0.1) is 0 Å². The van der Waals surface area contributed by atoms with Gasteiger partial charge >= 0.3 is 17.8 Å². The first kappa shape index (κ1) is 13.5. The fraction of sp³-hybridized carbons (Fsp3) is 0.727. The molecule has 6 nitrogen and oxygen atoms in total. The molecule has 1 saturated heterocycles. The summed E-state index contributed by atoms with van der Waals surface area (Å²) in [6.45, 7) is 5.09. The van der Waals surface area contributed by atoms with E-state index in [9.17, 15) is 14.4 Å². The largest absolute Gasteiger partial charge is 0.469 e. The summed E-state index contributed by atoms with van der Waals surface area (Å²) >= 11 is 0. The fourth-order valence-electron chi connectivity index (χ4n) is 1.85. The molecule has 0 aliphatic carbocycles. The van der Waals surface area contributed by atoms with Crippen LogP contribution in [0.2, 0.25) is 0 Å². The molecule has 1 fully saturated rings. The van der Waals surface area contributed by atoms with Crippen LogP contribution in [0.4, 0.5) is 0 Å². The van der Waals surface area contributed by atoms with Crippen molar-refractivity contribution in [1.82, 2.24) is 9.80 Å². The third kappa shape index (κ3) is 2.95. The van der Waals surface area contributed by atoms with Crippen molar-refractivity contribution >= 4 is 17.8 Å². The Morgan fingerprint density at radius 3 is 2.53 bits per heavy atom. The highest BCUT2D eigenvalue weighted by Gasteiger charge is 2.34. The topological polar surface area (TPSA) is 66.9 Å². The third-order valence-electron chi connectivity index (χ3n) is 2.95. The number of piperazine rings is 1. The van der Waals surface area contributed by atoms with Crippen LogP contribution in [0.15, 0.2) is 0 Å². The maximum atomic E-state index is 11.8. The summed E-state index contributed by atoms with van der Waals surface area (Å²) in [5.74, 6) is -1.40. The van der Waals surface area contributed by atoms with Crippen LogP contribution in [-0.4, -0.2) is 60.4 Å². The average Bonchev–Trinajstić information content (AvgIpc) is 2.32. The van der Waals surface area contributed by atoms with Gasteiger partial charge in [0.05, 0.1) is 13.5 Å². The first-order chi connectivity index (χ1) is 8.01. The molecule has 0 aromatic rings. The number of hydrogen-bond acceptors (Lipinski definition) is 4. The van der Waals surface area contributed by atoms with E-state index in [0.29, 0.717) is 19.6 Å². The van der Waals surface area contributed by atoms with Gasteiger partial charge in [0, 0.05) is 25.7 Å². The van der Waals surface area contributed by atoms with Crippen molar-refractivity contribution in [2.45, 2.75) is 26.3 Å². The molecule has 0 bridgehead atoms. The number of hydrogen-bond donors (Lipinski definition) is 0. The van der Waals surface area contributed by atoms with Gasteiger partial charge in [0.25, 0.3) is 0 Å². The van der Waals surface area contributed by atoms with Crippen molar-refractivity contribution in [2.75, 3.05) is 26.7 Å². The molecule has 1 rings (SSSR count). The van der Waals surface area contributed by atoms with Crippen molar-refractivity contribution in [1.29, 1.82) is 0 Å². The number of amides is 2. The molecular formula is C11H18N2O4.